The van der Waals surface area contributed by atoms with Gasteiger partial charge in [0.1, 0.15) is 0 Å². The van der Waals surface area contributed by atoms with Crippen LogP contribution in [0.2, 0.25) is 0 Å². The van der Waals surface area contributed by atoms with E-state index in [2.05, 4.69) is 30.7 Å². The van der Waals surface area contributed by atoms with E-state index in [0.29, 0.717) is 5.41 Å². The first-order valence-corrected chi connectivity index (χ1v) is 9.37. The molecule has 1 aliphatic heterocycles. The average molecular weight is 365 g/mol. The standard InChI is InChI=1S/C17H26N2O2.C4H10O/c1-11-12(2)18-13(3)14(10-15(20)21)16(11)19-8-6-17(4,5)7-9-19;1-4(2,3)5/h6-10H2,1-5H3,(H,20,21);5H,1-3H3. The third-order valence-electron chi connectivity index (χ3n) is 4.72. The number of aryl methyl sites for hydroxylation is 2. The summed E-state index contributed by atoms with van der Waals surface area (Å²) < 4.78 is 0. The highest BCUT2D eigenvalue weighted by Crippen LogP contribution is 2.36. The van der Waals surface area contributed by atoms with Crippen molar-refractivity contribution in [3.63, 3.8) is 0 Å². The molecule has 0 atom stereocenters. The first-order chi connectivity index (χ1) is 11.7. The van der Waals surface area contributed by atoms with E-state index < -0.39 is 11.6 Å². The zero-order valence-corrected chi connectivity index (χ0v) is 17.7. The Hall–Kier alpha value is -1.62. The summed E-state index contributed by atoms with van der Waals surface area (Å²) in [7, 11) is 0. The second-order valence-electron chi connectivity index (χ2n) is 9.13. The molecule has 2 rings (SSSR count). The van der Waals surface area contributed by atoms with Crippen LogP contribution in [0.25, 0.3) is 0 Å². The minimum absolute atomic E-state index is 0.0508. The summed E-state index contributed by atoms with van der Waals surface area (Å²) in [6, 6.07) is 0. The van der Waals surface area contributed by atoms with Crippen LogP contribution in [0, 0.1) is 26.2 Å². The molecule has 0 bridgehead atoms. The van der Waals surface area contributed by atoms with Crippen LogP contribution in [-0.2, 0) is 11.2 Å². The quantitative estimate of drug-likeness (QED) is 0.847. The molecule has 0 unspecified atom stereocenters. The number of carboxylic acid groups (broad SMARTS) is 1. The molecule has 5 heteroatoms. The van der Waals surface area contributed by atoms with Gasteiger partial charge in [-0.2, -0.15) is 0 Å². The molecule has 0 aliphatic carbocycles. The lowest BCUT2D eigenvalue weighted by molar-refractivity contribution is -0.136. The molecule has 26 heavy (non-hydrogen) atoms. The third-order valence-corrected chi connectivity index (χ3v) is 4.72. The largest absolute Gasteiger partial charge is 0.481 e. The summed E-state index contributed by atoms with van der Waals surface area (Å²) >= 11 is 0. The Labute approximate surface area is 158 Å². The second-order valence-corrected chi connectivity index (χ2v) is 9.13. The molecule has 0 saturated carbocycles. The highest BCUT2D eigenvalue weighted by molar-refractivity contribution is 5.75. The summed E-state index contributed by atoms with van der Waals surface area (Å²) in [5.74, 6) is -0.790. The van der Waals surface area contributed by atoms with E-state index in [1.165, 1.54) is 0 Å². The van der Waals surface area contributed by atoms with Gasteiger partial charge in [0.05, 0.1) is 12.0 Å². The van der Waals surface area contributed by atoms with Crippen molar-refractivity contribution in [1.82, 2.24) is 4.98 Å². The minimum atomic E-state index is -0.790. The molecule has 1 aliphatic rings. The topological polar surface area (TPSA) is 73.7 Å². The van der Waals surface area contributed by atoms with Gasteiger partial charge < -0.3 is 15.1 Å². The number of nitrogens with zero attached hydrogens (tertiary/aromatic N) is 2. The van der Waals surface area contributed by atoms with Gasteiger partial charge in [-0.25, -0.2) is 0 Å². The van der Waals surface area contributed by atoms with Crippen molar-refractivity contribution >= 4 is 11.7 Å². The number of hydrogen-bond donors (Lipinski definition) is 2. The molecular formula is C21H36N2O3. The Morgan fingerprint density at radius 1 is 1.12 bits per heavy atom. The van der Waals surface area contributed by atoms with Gasteiger partial charge in [0.2, 0.25) is 0 Å². The van der Waals surface area contributed by atoms with Gasteiger partial charge in [-0.15, -0.1) is 0 Å². The Kier molecular flexibility index (Phi) is 7.23. The molecule has 1 saturated heterocycles. The van der Waals surface area contributed by atoms with E-state index in [0.717, 1.165) is 54.1 Å². The second kappa shape index (κ2) is 8.38. The van der Waals surface area contributed by atoms with Crippen LogP contribution in [0.1, 0.15) is 70.0 Å². The van der Waals surface area contributed by atoms with Gasteiger partial charge in [-0.05, 0) is 65.4 Å². The Balaban J connectivity index is 0.000000597. The van der Waals surface area contributed by atoms with Crippen LogP contribution in [0.3, 0.4) is 0 Å². The van der Waals surface area contributed by atoms with Crippen molar-refractivity contribution < 1.29 is 15.0 Å². The number of pyridine rings is 1. The van der Waals surface area contributed by atoms with E-state index in [1.54, 1.807) is 20.8 Å². The molecule has 0 spiro atoms. The Bertz CT molecular complexity index is 630. The van der Waals surface area contributed by atoms with E-state index in [9.17, 15) is 9.90 Å². The number of aliphatic hydroxyl groups is 1. The molecule has 148 valence electrons. The average Bonchev–Trinajstić information content (AvgIpc) is 2.44. The summed E-state index contributed by atoms with van der Waals surface area (Å²) in [6.07, 6.45) is 2.33. The van der Waals surface area contributed by atoms with E-state index in [-0.39, 0.29) is 6.42 Å². The first-order valence-electron chi connectivity index (χ1n) is 9.37. The highest BCUT2D eigenvalue weighted by Gasteiger charge is 2.28. The van der Waals surface area contributed by atoms with Crippen LogP contribution >= 0.6 is 0 Å². The summed E-state index contributed by atoms with van der Waals surface area (Å²) in [5, 5.41) is 17.7. The van der Waals surface area contributed by atoms with Crippen molar-refractivity contribution in [1.29, 1.82) is 0 Å². The minimum Gasteiger partial charge on any atom is -0.481 e. The third kappa shape index (κ3) is 6.94. The van der Waals surface area contributed by atoms with Crippen LogP contribution in [0.15, 0.2) is 0 Å². The Morgan fingerprint density at radius 2 is 1.58 bits per heavy atom. The fourth-order valence-electron chi connectivity index (χ4n) is 3.10. The zero-order valence-electron chi connectivity index (χ0n) is 17.7. The fraction of sp³-hybridized carbons (Fsp3) is 0.714. The van der Waals surface area contributed by atoms with E-state index in [4.69, 9.17) is 5.11 Å². The number of hydrogen-bond acceptors (Lipinski definition) is 4. The van der Waals surface area contributed by atoms with Gasteiger partial charge in [-0.3, -0.25) is 9.78 Å². The van der Waals surface area contributed by atoms with Crippen LogP contribution in [0.4, 0.5) is 5.69 Å². The van der Waals surface area contributed by atoms with E-state index >= 15 is 0 Å². The summed E-state index contributed by atoms with van der Waals surface area (Å²) in [6.45, 7) is 17.8. The van der Waals surface area contributed by atoms with Crippen LogP contribution < -0.4 is 4.90 Å². The maximum absolute atomic E-state index is 11.2. The lowest BCUT2D eigenvalue weighted by atomic mass is 9.82. The number of rotatable bonds is 3. The maximum Gasteiger partial charge on any atom is 0.307 e. The van der Waals surface area contributed by atoms with Gasteiger partial charge >= 0.3 is 5.97 Å². The van der Waals surface area contributed by atoms with Gasteiger partial charge in [-0.1, -0.05) is 13.8 Å². The number of aromatic nitrogens is 1. The predicted octanol–water partition coefficient (Wildman–Crippen LogP) is 4.04. The number of carboxylic acids is 1. The van der Waals surface area contributed by atoms with Gasteiger partial charge in [0, 0.05) is 35.7 Å². The molecule has 0 amide bonds. The predicted molar refractivity (Wildman–Crippen MR) is 107 cm³/mol. The number of aliphatic carboxylic acids is 1. The molecule has 2 heterocycles. The van der Waals surface area contributed by atoms with Crippen molar-refractivity contribution in [2.45, 2.75) is 80.3 Å². The normalized spacial score (nSPS) is 16.7. The maximum atomic E-state index is 11.2. The van der Waals surface area contributed by atoms with Crippen molar-refractivity contribution in [3.8, 4) is 0 Å². The lowest BCUT2D eigenvalue weighted by Crippen LogP contribution is -2.38. The number of anilines is 1. The summed E-state index contributed by atoms with van der Waals surface area (Å²) in [4.78, 5) is 18.1. The molecule has 0 aromatic carbocycles. The van der Waals surface area contributed by atoms with Crippen molar-refractivity contribution in [2.24, 2.45) is 5.41 Å². The van der Waals surface area contributed by atoms with Crippen molar-refractivity contribution in [2.75, 3.05) is 18.0 Å². The monoisotopic (exact) mass is 364 g/mol. The fourth-order valence-corrected chi connectivity index (χ4v) is 3.10. The smallest absolute Gasteiger partial charge is 0.307 e. The molecule has 1 aromatic heterocycles. The summed E-state index contributed by atoms with van der Waals surface area (Å²) in [5.41, 5.74) is 4.84. The van der Waals surface area contributed by atoms with Gasteiger partial charge in [0.25, 0.3) is 0 Å². The molecule has 1 fully saturated rings. The Morgan fingerprint density at radius 3 is 2.00 bits per heavy atom. The van der Waals surface area contributed by atoms with Gasteiger partial charge in [0.15, 0.2) is 0 Å². The first kappa shape index (κ1) is 22.4. The van der Waals surface area contributed by atoms with Crippen molar-refractivity contribution in [3.05, 3.63) is 22.5 Å². The SMILES string of the molecule is CC(C)(C)O.Cc1nc(C)c(CC(=O)O)c(N2CCC(C)(C)CC2)c1C. The molecule has 0 radical (unpaired) electrons. The molecule has 2 N–H and O–H groups in total. The van der Waals surface area contributed by atoms with Crippen LogP contribution in [0.5, 0.6) is 0 Å². The number of carbonyl (C=O) groups is 1. The molecule has 5 nitrogen and oxygen atoms in total. The van der Waals surface area contributed by atoms with Crippen LogP contribution in [-0.4, -0.2) is 39.9 Å². The molecule has 1 aromatic rings. The molecular weight excluding hydrogens is 328 g/mol. The van der Waals surface area contributed by atoms with E-state index in [1.807, 2.05) is 13.8 Å². The highest BCUT2D eigenvalue weighted by atomic mass is 16.4. The zero-order chi connectivity index (χ0) is 20.3. The lowest BCUT2D eigenvalue weighted by Gasteiger charge is -2.40. The number of piperidine rings is 1.